The number of nitrogens with zero attached hydrogens (tertiary/aromatic N) is 4. The van der Waals surface area contributed by atoms with Crippen LogP contribution in [0, 0.1) is 0 Å². The Morgan fingerprint density at radius 2 is 2.39 bits per heavy atom. The van der Waals surface area contributed by atoms with Crippen LogP contribution in [0.15, 0.2) is 12.7 Å². The highest BCUT2D eigenvalue weighted by Crippen LogP contribution is 2.17. The molecule has 0 radical (unpaired) electrons. The molecule has 1 saturated heterocycles. The molecule has 2 heterocycles. The van der Waals surface area contributed by atoms with Gasteiger partial charge in [-0.25, -0.2) is 4.98 Å². The summed E-state index contributed by atoms with van der Waals surface area (Å²) in [5.41, 5.74) is 0. The van der Waals surface area contributed by atoms with Gasteiger partial charge in [0.05, 0.1) is 6.54 Å². The zero-order chi connectivity index (χ0) is 12.1. The summed E-state index contributed by atoms with van der Waals surface area (Å²) >= 11 is 0. The largest absolute Gasteiger partial charge is 0.338 e. The first-order valence-corrected chi connectivity index (χ1v) is 6.07. The van der Waals surface area contributed by atoms with E-state index in [4.69, 9.17) is 0 Å². The summed E-state index contributed by atoms with van der Waals surface area (Å²) in [6.07, 6.45) is 5.85. The standard InChI is InChI=1S/C11H19N5O.ClH/c1-12-7-10-3-2-5-16(10)11(17)4-6-15-9-13-8-14-15;/h8-10,12H,2-7H2,1H3;1H. The number of hydrogen-bond donors (Lipinski definition) is 1. The molecule has 0 aromatic carbocycles. The van der Waals surface area contributed by atoms with E-state index >= 15 is 0 Å². The summed E-state index contributed by atoms with van der Waals surface area (Å²) in [5.74, 6) is 0.221. The van der Waals surface area contributed by atoms with Crippen molar-refractivity contribution in [3.8, 4) is 0 Å². The maximum absolute atomic E-state index is 12.1. The average molecular weight is 274 g/mol. The van der Waals surface area contributed by atoms with Gasteiger partial charge in [-0.15, -0.1) is 12.4 Å². The number of likely N-dealkylation sites (N-methyl/N-ethyl adjacent to an activating group) is 1. The monoisotopic (exact) mass is 273 g/mol. The fourth-order valence-electron chi connectivity index (χ4n) is 2.31. The van der Waals surface area contributed by atoms with Gasteiger partial charge in [0.15, 0.2) is 0 Å². The third-order valence-corrected chi connectivity index (χ3v) is 3.16. The third kappa shape index (κ3) is 3.68. The molecule has 1 unspecified atom stereocenters. The molecular weight excluding hydrogens is 254 g/mol. The maximum Gasteiger partial charge on any atom is 0.224 e. The lowest BCUT2D eigenvalue weighted by Gasteiger charge is -2.24. The van der Waals surface area contributed by atoms with Crippen molar-refractivity contribution in [3.05, 3.63) is 12.7 Å². The molecule has 1 aromatic heterocycles. The van der Waals surface area contributed by atoms with Crippen LogP contribution in [-0.4, -0.2) is 51.8 Å². The van der Waals surface area contributed by atoms with Crippen LogP contribution in [0.5, 0.6) is 0 Å². The molecule has 2 rings (SSSR count). The Bertz CT molecular complexity index is 356. The van der Waals surface area contributed by atoms with Gasteiger partial charge >= 0.3 is 0 Å². The number of hydrogen-bond acceptors (Lipinski definition) is 4. The predicted molar refractivity (Wildman–Crippen MR) is 70.5 cm³/mol. The second-order valence-corrected chi connectivity index (χ2v) is 4.35. The van der Waals surface area contributed by atoms with Gasteiger partial charge in [0, 0.05) is 25.6 Å². The minimum atomic E-state index is 0. The lowest BCUT2D eigenvalue weighted by molar-refractivity contribution is -0.132. The maximum atomic E-state index is 12.1. The van der Waals surface area contributed by atoms with E-state index in [1.165, 1.54) is 6.33 Å². The third-order valence-electron chi connectivity index (χ3n) is 3.16. The first kappa shape index (κ1) is 14.9. The highest BCUT2D eigenvalue weighted by Gasteiger charge is 2.27. The Morgan fingerprint density at radius 1 is 1.56 bits per heavy atom. The number of aromatic nitrogens is 3. The van der Waals surface area contributed by atoms with Gasteiger partial charge in [-0.05, 0) is 19.9 Å². The number of aryl methyl sites for hydroxylation is 1. The molecular formula is C11H20ClN5O. The number of carbonyl (C=O) groups is 1. The first-order chi connectivity index (χ1) is 8.31. The van der Waals surface area contributed by atoms with Crippen LogP contribution in [-0.2, 0) is 11.3 Å². The highest BCUT2D eigenvalue weighted by atomic mass is 35.5. The number of likely N-dealkylation sites (tertiary alicyclic amines) is 1. The quantitative estimate of drug-likeness (QED) is 0.838. The molecule has 1 aliphatic heterocycles. The minimum Gasteiger partial charge on any atom is -0.338 e. The number of halogens is 1. The average Bonchev–Trinajstić information content (AvgIpc) is 2.97. The Labute approximate surface area is 113 Å². The van der Waals surface area contributed by atoms with E-state index < -0.39 is 0 Å². The van der Waals surface area contributed by atoms with E-state index in [0.717, 1.165) is 25.9 Å². The van der Waals surface area contributed by atoms with Crippen molar-refractivity contribution in [3.63, 3.8) is 0 Å². The second-order valence-electron chi connectivity index (χ2n) is 4.35. The van der Waals surface area contributed by atoms with Crippen molar-refractivity contribution in [2.75, 3.05) is 20.1 Å². The lowest BCUT2D eigenvalue weighted by atomic mass is 10.2. The van der Waals surface area contributed by atoms with Crippen LogP contribution in [0.2, 0.25) is 0 Å². The minimum absolute atomic E-state index is 0. The van der Waals surface area contributed by atoms with Crippen molar-refractivity contribution in [1.29, 1.82) is 0 Å². The van der Waals surface area contributed by atoms with E-state index in [9.17, 15) is 4.79 Å². The molecule has 102 valence electrons. The molecule has 1 N–H and O–H groups in total. The van der Waals surface area contributed by atoms with Crippen LogP contribution in [0.1, 0.15) is 19.3 Å². The highest BCUT2D eigenvalue weighted by molar-refractivity contribution is 5.85. The lowest BCUT2D eigenvalue weighted by Crippen LogP contribution is -2.41. The van der Waals surface area contributed by atoms with Gasteiger partial charge in [0.2, 0.25) is 5.91 Å². The summed E-state index contributed by atoms with van der Waals surface area (Å²) in [6, 6.07) is 0.364. The van der Waals surface area contributed by atoms with E-state index in [2.05, 4.69) is 15.4 Å². The molecule has 1 atom stereocenters. The van der Waals surface area contributed by atoms with Gasteiger partial charge in [-0.2, -0.15) is 5.10 Å². The van der Waals surface area contributed by atoms with Crippen molar-refractivity contribution >= 4 is 18.3 Å². The number of amides is 1. The van der Waals surface area contributed by atoms with Crippen LogP contribution >= 0.6 is 12.4 Å². The molecule has 0 bridgehead atoms. The fourth-order valence-corrected chi connectivity index (χ4v) is 2.31. The van der Waals surface area contributed by atoms with Crippen LogP contribution in [0.3, 0.4) is 0 Å². The molecule has 1 aliphatic rings. The Balaban J connectivity index is 0.00000162. The summed E-state index contributed by atoms with van der Waals surface area (Å²) in [7, 11) is 1.93. The van der Waals surface area contributed by atoms with Crippen LogP contribution < -0.4 is 5.32 Å². The summed E-state index contributed by atoms with van der Waals surface area (Å²) in [5, 5.41) is 7.14. The molecule has 0 spiro atoms. The topological polar surface area (TPSA) is 63.1 Å². The van der Waals surface area contributed by atoms with E-state index in [1.807, 2.05) is 11.9 Å². The van der Waals surface area contributed by atoms with E-state index in [1.54, 1.807) is 11.0 Å². The summed E-state index contributed by atoms with van der Waals surface area (Å²) in [4.78, 5) is 17.9. The molecule has 0 aliphatic carbocycles. The number of nitrogens with one attached hydrogen (secondary N) is 1. The van der Waals surface area contributed by atoms with Crippen LogP contribution in [0.25, 0.3) is 0 Å². The summed E-state index contributed by atoms with van der Waals surface area (Å²) < 4.78 is 1.70. The van der Waals surface area contributed by atoms with Gasteiger partial charge in [-0.3, -0.25) is 9.48 Å². The van der Waals surface area contributed by atoms with Crippen LogP contribution in [0.4, 0.5) is 0 Å². The predicted octanol–water partition coefficient (Wildman–Crippen LogP) is 0.300. The molecule has 7 heteroatoms. The second kappa shape index (κ2) is 7.33. The SMILES string of the molecule is CNCC1CCCN1C(=O)CCn1cncn1.Cl. The normalized spacial score (nSPS) is 18.7. The number of rotatable bonds is 5. The first-order valence-electron chi connectivity index (χ1n) is 6.07. The summed E-state index contributed by atoms with van der Waals surface area (Å²) in [6.45, 7) is 2.39. The van der Waals surface area contributed by atoms with Gasteiger partial charge in [0.1, 0.15) is 12.7 Å². The zero-order valence-electron chi connectivity index (χ0n) is 10.6. The van der Waals surface area contributed by atoms with Gasteiger partial charge in [-0.1, -0.05) is 0 Å². The van der Waals surface area contributed by atoms with Gasteiger partial charge in [0.25, 0.3) is 0 Å². The zero-order valence-corrected chi connectivity index (χ0v) is 11.4. The fraction of sp³-hybridized carbons (Fsp3) is 0.727. The molecule has 1 fully saturated rings. The Hall–Kier alpha value is -1.14. The smallest absolute Gasteiger partial charge is 0.224 e. The van der Waals surface area contributed by atoms with E-state index in [0.29, 0.717) is 19.0 Å². The molecule has 1 amide bonds. The Morgan fingerprint density at radius 3 is 3.06 bits per heavy atom. The Kier molecular flexibility index (Phi) is 6.07. The van der Waals surface area contributed by atoms with Crippen molar-refractivity contribution in [2.45, 2.75) is 31.8 Å². The number of carbonyl (C=O) groups excluding carboxylic acids is 1. The molecule has 18 heavy (non-hydrogen) atoms. The van der Waals surface area contributed by atoms with Crippen molar-refractivity contribution in [2.24, 2.45) is 0 Å². The molecule has 1 aromatic rings. The van der Waals surface area contributed by atoms with Crippen molar-refractivity contribution < 1.29 is 4.79 Å². The molecule has 6 nitrogen and oxygen atoms in total. The van der Waals surface area contributed by atoms with E-state index in [-0.39, 0.29) is 18.3 Å². The van der Waals surface area contributed by atoms with Crippen molar-refractivity contribution in [1.82, 2.24) is 25.0 Å². The van der Waals surface area contributed by atoms with Gasteiger partial charge < -0.3 is 10.2 Å². The molecule has 0 saturated carbocycles.